The van der Waals surface area contributed by atoms with Gasteiger partial charge in [-0.25, -0.2) is 9.59 Å². The van der Waals surface area contributed by atoms with Crippen LogP contribution >= 0.6 is 0 Å². The zero-order valence-electron chi connectivity index (χ0n) is 8.02. The van der Waals surface area contributed by atoms with Gasteiger partial charge in [0.05, 0.1) is 14.2 Å². The SMILES string of the molecule is COC(=O)C(C(=O)OC)=C(O)C(F)(F)F.[Cu]. The number of hydrogen-bond acceptors (Lipinski definition) is 5. The third-order valence-electron chi connectivity index (χ3n) is 1.28. The fraction of sp³-hybridized carbons (Fsp3) is 0.429. The van der Waals surface area contributed by atoms with Gasteiger partial charge in [0.1, 0.15) is 0 Å². The number of alkyl halides is 3. The van der Waals surface area contributed by atoms with Crippen molar-refractivity contribution in [2.24, 2.45) is 0 Å². The van der Waals surface area contributed by atoms with E-state index in [9.17, 15) is 22.8 Å². The van der Waals surface area contributed by atoms with Gasteiger partial charge >= 0.3 is 18.1 Å². The van der Waals surface area contributed by atoms with Crippen LogP contribution in [0.3, 0.4) is 0 Å². The summed E-state index contributed by atoms with van der Waals surface area (Å²) >= 11 is 0. The number of rotatable bonds is 2. The van der Waals surface area contributed by atoms with Crippen molar-refractivity contribution < 1.29 is 54.4 Å². The molecule has 9 heteroatoms. The van der Waals surface area contributed by atoms with E-state index >= 15 is 0 Å². The molecule has 0 aromatic heterocycles. The maximum Gasteiger partial charge on any atom is 0.449 e. The third-order valence-corrected chi connectivity index (χ3v) is 1.28. The molecule has 0 aliphatic heterocycles. The zero-order chi connectivity index (χ0) is 12.2. The number of aliphatic hydroxyl groups is 1. The van der Waals surface area contributed by atoms with E-state index in [1.54, 1.807) is 0 Å². The Morgan fingerprint density at radius 3 is 1.56 bits per heavy atom. The summed E-state index contributed by atoms with van der Waals surface area (Å²) in [5, 5.41) is 8.60. The van der Waals surface area contributed by atoms with Crippen molar-refractivity contribution in [3.8, 4) is 0 Å². The molecule has 0 bridgehead atoms. The molecular weight excluding hydrogens is 285 g/mol. The molecule has 1 radical (unpaired) electrons. The molecule has 0 spiro atoms. The summed E-state index contributed by atoms with van der Waals surface area (Å²) in [5.74, 6) is -5.60. The molecule has 0 aromatic rings. The Hall–Kier alpha value is -1.21. The first-order valence-electron chi connectivity index (χ1n) is 3.42. The average molecular weight is 292 g/mol. The molecule has 16 heavy (non-hydrogen) atoms. The van der Waals surface area contributed by atoms with Crippen molar-refractivity contribution in [3.63, 3.8) is 0 Å². The number of methoxy groups -OCH3 is 2. The standard InChI is InChI=1S/C7H7F3O5.Cu/c1-14-5(12)3(6(13)15-2)4(11)7(8,9)10;/h11H,1-2H3;. The molecule has 97 valence electrons. The normalized spacial score (nSPS) is 9.81. The van der Waals surface area contributed by atoms with Crippen LogP contribution < -0.4 is 0 Å². The molecular formula is C7H7CuF3O5. The fourth-order valence-corrected chi connectivity index (χ4v) is 0.623. The summed E-state index contributed by atoms with van der Waals surface area (Å²) < 4.78 is 43.7. The Morgan fingerprint density at radius 2 is 1.38 bits per heavy atom. The first-order chi connectivity index (χ1) is 6.75. The molecule has 0 saturated carbocycles. The number of aliphatic hydroxyl groups excluding tert-OH is 1. The van der Waals surface area contributed by atoms with Crippen LogP contribution in [0.4, 0.5) is 13.2 Å². The fourth-order valence-electron chi connectivity index (χ4n) is 0.623. The van der Waals surface area contributed by atoms with Crippen molar-refractivity contribution in [1.29, 1.82) is 0 Å². The Kier molecular flexibility index (Phi) is 6.87. The molecule has 1 N–H and O–H groups in total. The van der Waals surface area contributed by atoms with E-state index < -0.39 is 29.4 Å². The van der Waals surface area contributed by atoms with Crippen LogP contribution in [0.25, 0.3) is 0 Å². The first-order valence-corrected chi connectivity index (χ1v) is 3.42. The molecule has 0 aliphatic rings. The van der Waals surface area contributed by atoms with Crippen LogP contribution in [0.15, 0.2) is 11.3 Å². The van der Waals surface area contributed by atoms with Gasteiger partial charge in [0.25, 0.3) is 0 Å². The van der Waals surface area contributed by atoms with Crippen molar-refractivity contribution in [2.75, 3.05) is 14.2 Å². The maximum absolute atomic E-state index is 12.0. The summed E-state index contributed by atoms with van der Waals surface area (Å²) in [6, 6.07) is 0. The van der Waals surface area contributed by atoms with Gasteiger partial charge in [-0.3, -0.25) is 0 Å². The van der Waals surface area contributed by atoms with Gasteiger partial charge in [0.15, 0.2) is 5.57 Å². The van der Waals surface area contributed by atoms with Gasteiger partial charge in [0.2, 0.25) is 5.76 Å². The summed E-state index contributed by atoms with van der Waals surface area (Å²) in [7, 11) is 1.52. The number of carbonyl (C=O) groups is 2. The number of carbonyl (C=O) groups excluding carboxylic acids is 2. The maximum atomic E-state index is 12.0. The molecule has 0 heterocycles. The smallest absolute Gasteiger partial charge is 0.449 e. The predicted molar refractivity (Wildman–Crippen MR) is 39.7 cm³/mol. The predicted octanol–water partition coefficient (Wildman–Crippen LogP) is 0.704. The molecule has 0 unspecified atom stereocenters. The molecule has 0 aliphatic carbocycles. The van der Waals surface area contributed by atoms with E-state index in [1.165, 1.54) is 0 Å². The van der Waals surface area contributed by atoms with E-state index in [0.29, 0.717) is 0 Å². The van der Waals surface area contributed by atoms with Gasteiger partial charge < -0.3 is 14.6 Å². The molecule has 0 saturated heterocycles. The average Bonchev–Trinajstić information content (AvgIpc) is 2.15. The molecule has 0 atom stereocenters. The van der Waals surface area contributed by atoms with E-state index in [4.69, 9.17) is 5.11 Å². The first kappa shape index (κ1) is 17.2. The second kappa shape index (κ2) is 6.39. The van der Waals surface area contributed by atoms with Gasteiger partial charge in [-0.1, -0.05) is 0 Å². The van der Waals surface area contributed by atoms with Crippen molar-refractivity contribution in [3.05, 3.63) is 11.3 Å². The largest absolute Gasteiger partial charge is 0.503 e. The minimum absolute atomic E-state index is 0. The van der Waals surface area contributed by atoms with Crippen molar-refractivity contribution in [1.82, 2.24) is 0 Å². The van der Waals surface area contributed by atoms with Crippen molar-refractivity contribution >= 4 is 11.9 Å². The van der Waals surface area contributed by atoms with Gasteiger partial charge in [-0.15, -0.1) is 0 Å². The van der Waals surface area contributed by atoms with Crippen molar-refractivity contribution in [2.45, 2.75) is 6.18 Å². The Morgan fingerprint density at radius 1 is 1.06 bits per heavy atom. The summed E-state index contributed by atoms with van der Waals surface area (Å²) in [6.07, 6.45) is -5.22. The monoisotopic (exact) mass is 291 g/mol. The van der Waals surface area contributed by atoms with Gasteiger partial charge in [0, 0.05) is 17.1 Å². The van der Waals surface area contributed by atoms with Crippen LogP contribution in [-0.4, -0.2) is 37.4 Å². The van der Waals surface area contributed by atoms with Crippen LogP contribution in [0.1, 0.15) is 0 Å². The van der Waals surface area contributed by atoms with Crippen LogP contribution in [0.2, 0.25) is 0 Å². The molecule has 0 rings (SSSR count). The minimum atomic E-state index is -5.22. The summed E-state index contributed by atoms with van der Waals surface area (Å²) in [6.45, 7) is 0. The number of halogens is 3. The second-order valence-corrected chi connectivity index (χ2v) is 2.20. The second-order valence-electron chi connectivity index (χ2n) is 2.20. The Bertz CT molecular complexity index is 292. The zero-order valence-corrected chi connectivity index (χ0v) is 8.96. The summed E-state index contributed by atoms with van der Waals surface area (Å²) in [5.41, 5.74) is -1.59. The van der Waals surface area contributed by atoms with E-state index in [2.05, 4.69) is 9.47 Å². The van der Waals surface area contributed by atoms with Crippen LogP contribution in [-0.2, 0) is 36.1 Å². The minimum Gasteiger partial charge on any atom is -0.503 e. The Balaban J connectivity index is 0. The van der Waals surface area contributed by atoms with Crippen LogP contribution in [0.5, 0.6) is 0 Å². The molecule has 0 aromatic carbocycles. The quantitative estimate of drug-likeness (QED) is 0.202. The number of hydrogen-bond donors (Lipinski definition) is 1. The van der Waals surface area contributed by atoms with Gasteiger partial charge in [-0.2, -0.15) is 13.2 Å². The molecule has 0 amide bonds. The number of esters is 2. The van der Waals surface area contributed by atoms with E-state index in [1.807, 2.05) is 0 Å². The molecule has 5 nitrogen and oxygen atoms in total. The van der Waals surface area contributed by atoms with E-state index in [0.717, 1.165) is 14.2 Å². The third kappa shape index (κ3) is 4.11. The number of ether oxygens (including phenoxy) is 2. The molecule has 0 fully saturated rings. The van der Waals surface area contributed by atoms with Crippen LogP contribution in [0, 0.1) is 0 Å². The topological polar surface area (TPSA) is 72.8 Å². The number of allylic oxidation sites excluding steroid dienone is 1. The summed E-state index contributed by atoms with van der Waals surface area (Å²) in [4.78, 5) is 21.5. The Labute approximate surface area is 98.7 Å². The van der Waals surface area contributed by atoms with E-state index in [-0.39, 0.29) is 17.1 Å². The van der Waals surface area contributed by atoms with Gasteiger partial charge in [-0.05, 0) is 0 Å².